The Morgan fingerprint density at radius 2 is 1.73 bits per heavy atom. The normalized spacial score (nSPS) is 14.9. The van der Waals surface area contributed by atoms with Crippen LogP contribution in [0.25, 0.3) is 0 Å². The number of aryl methyl sites for hydroxylation is 1. The standard InChI is InChI=1S/C13H14OS/c1-10-8-9-12(15-10)13(2,14)11-6-4-3-5-7-11/h3-9,14H,1-2H3. The molecule has 0 aliphatic carbocycles. The van der Waals surface area contributed by atoms with E-state index in [0.717, 1.165) is 10.4 Å². The molecule has 0 saturated heterocycles. The second-order valence-electron chi connectivity index (χ2n) is 3.85. The molecule has 15 heavy (non-hydrogen) atoms. The van der Waals surface area contributed by atoms with Gasteiger partial charge in [-0.3, -0.25) is 0 Å². The van der Waals surface area contributed by atoms with Crippen molar-refractivity contribution < 1.29 is 5.11 Å². The fourth-order valence-corrected chi connectivity index (χ4v) is 2.54. The molecule has 1 heterocycles. The summed E-state index contributed by atoms with van der Waals surface area (Å²) in [7, 11) is 0. The van der Waals surface area contributed by atoms with E-state index in [0.29, 0.717) is 0 Å². The highest BCUT2D eigenvalue weighted by Gasteiger charge is 2.26. The minimum absolute atomic E-state index is 0.875. The molecule has 0 amide bonds. The monoisotopic (exact) mass is 218 g/mol. The van der Waals surface area contributed by atoms with Crippen molar-refractivity contribution >= 4 is 11.3 Å². The van der Waals surface area contributed by atoms with Gasteiger partial charge in [0.05, 0.1) is 0 Å². The lowest BCUT2D eigenvalue weighted by molar-refractivity contribution is 0.106. The first kappa shape index (κ1) is 10.4. The van der Waals surface area contributed by atoms with Crippen molar-refractivity contribution in [2.45, 2.75) is 19.4 Å². The average Bonchev–Trinajstić information content (AvgIpc) is 2.67. The van der Waals surface area contributed by atoms with Crippen molar-refractivity contribution in [3.05, 3.63) is 57.8 Å². The Bertz CT molecular complexity index is 443. The van der Waals surface area contributed by atoms with E-state index in [1.807, 2.05) is 49.4 Å². The minimum Gasteiger partial charge on any atom is -0.380 e. The number of benzene rings is 1. The molecule has 1 atom stereocenters. The Labute approximate surface area is 94.0 Å². The van der Waals surface area contributed by atoms with Gasteiger partial charge in [0.25, 0.3) is 0 Å². The highest BCUT2D eigenvalue weighted by Crippen LogP contribution is 2.33. The highest BCUT2D eigenvalue weighted by atomic mass is 32.1. The molecule has 2 rings (SSSR count). The zero-order chi connectivity index (χ0) is 10.9. The maximum atomic E-state index is 10.5. The molecule has 0 fully saturated rings. The summed E-state index contributed by atoms with van der Waals surface area (Å²) in [6.07, 6.45) is 0. The summed E-state index contributed by atoms with van der Waals surface area (Å²) in [5.41, 5.74) is 0.0621. The molecule has 2 heteroatoms. The van der Waals surface area contributed by atoms with Crippen LogP contribution in [0.4, 0.5) is 0 Å². The molecule has 78 valence electrons. The zero-order valence-electron chi connectivity index (χ0n) is 8.90. The molecule has 1 N–H and O–H groups in total. The number of rotatable bonds is 2. The van der Waals surface area contributed by atoms with E-state index in [1.165, 1.54) is 4.88 Å². The van der Waals surface area contributed by atoms with E-state index >= 15 is 0 Å². The molecule has 1 aromatic heterocycles. The quantitative estimate of drug-likeness (QED) is 0.820. The van der Waals surface area contributed by atoms with Gasteiger partial charge in [-0.1, -0.05) is 30.3 Å². The van der Waals surface area contributed by atoms with E-state index in [9.17, 15) is 5.11 Å². The second-order valence-corrected chi connectivity index (χ2v) is 5.14. The van der Waals surface area contributed by atoms with Gasteiger partial charge >= 0.3 is 0 Å². The fraction of sp³-hybridized carbons (Fsp3) is 0.231. The Morgan fingerprint density at radius 1 is 1.07 bits per heavy atom. The van der Waals surface area contributed by atoms with Crippen LogP contribution in [0.15, 0.2) is 42.5 Å². The summed E-state index contributed by atoms with van der Waals surface area (Å²) in [5, 5.41) is 10.5. The third-order valence-corrected chi connectivity index (χ3v) is 3.77. The van der Waals surface area contributed by atoms with Crippen molar-refractivity contribution in [2.75, 3.05) is 0 Å². The number of hydrogen-bond donors (Lipinski definition) is 1. The number of aliphatic hydroxyl groups is 1. The van der Waals surface area contributed by atoms with E-state index in [-0.39, 0.29) is 0 Å². The lowest BCUT2D eigenvalue weighted by Gasteiger charge is -2.22. The van der Waals surface area contributed by atoms with Crippen molar-refractivity contribution in [2.24, 2.45) is 0 Å². The Kier molecular flexibility index (Phi) is 2.63. The number of thiophene rings is 1. The van der Waals surface area contributed by atoms with Crippen molar-refractivity contribution in [3.8, 4) is 0 Å². The summed E-state index contributed by atoms with van der Waals surface area (Å²) in [4.78, 5) is 2.22. The second kappa shape index (κ2) is 3.80. The van der Waals surface area contributed by atoms with Crippen LogP contribution in [0.3, 0.4) is 0 Å². The third kappa shape index (κ3) is 1.96. The van der Waals surface area contributed by atoms with Crippen molar-refractivity contribution in [1.29, 1.82) is 0 Å². The van der Waals surface area contributed by atoms with Crippen LogP contribution in [0.2, 0.25) is 0 Å². The summed E-state index contributed by atoms with van der Waals surface area (Å²) in [5.74, 6) is 0. The van der Waals surface area contributed by atoms with Gasteiger partial charge in [-0.2, -0.15) is 0 Å². The molecule has 0 radical (unpaired) electrons. The molecule has 0 spiro atoms. The molecule has 1 aromatic carbocycles. The summed E-state index contributed by atoms with van der Waals surface area (Å²) in [6.45, 7) is 3.89. The van der Waals surface area contributed by atoms with E-state index in [1.54, 1.807) is 11.3 Å². The van der Waals surface area contributed by atoms with Crippen LogP contribution < -0.4 is 0 Å². The molecule has 0 saturated carbocycles. The van der Waals surface area contributed by atoms with Gasteiger partial charge in [-0.05, 0) is 31.5 Å². The minimum atomic E-state index is -0.875. The highest BCUT2D eigenvalue weighted by molar-refractivity contribution is 7.12. The maximum Gasteiger partial charge on any atom is 0.121 e. The predicted molar refractivity (Wildman–Crippen MR) is 64.2 cm³/mol. The van der Waals surface area contributed by atoms with Crippen LogP contribution in [0.1, 0.15) is 22.2 Å². The smallest absolute Gasteiger partial charge is 0.121 e. The van der Waals surface area contributed by atoms with Gasteiger partial charge in [0, 0.05) is 9.75 Å². The van der Waals surface area contributed by atoms with Crippen LogP contribution in [-0.2, 0) is 5.60 Å². The zero-order valence-corrected chi connectivity index (χ0v) is 9.71. The third-order valence-electron chi connectivity index (χ3n) is 2.56. The van der Waals surface area contributed by atoms with Gasteiger partial charge in [0.1, 0.15) is 5.60 Å². The molecular formula is C13H14OS. The van der Waals surface area contributed by atoms with Gasteiger partial charge in [0.15, 0.2) is 0 Å². The van der Waals surface area contributed by atoms with Gasteiger partial charge < -0.3 is 5.11 Å². The number of hydrogen-bond acceptors (Lipinski definition) is 2. The van der Waals surface area contributed by atoms with E-state index in [2.05, 4.69) is 6.92 Å². The van der Waals surface area contributed by atoms with Crippen molar-refractivity contribution in [3.63, 3.8) is 0 Å². The maximum absolute atomic E-state index is 10.5. The lowest BCUT2D eigenvalue weighted by atomic mass is 9.94. The first-order valence-corrected chi connectivity index (χ1v) is 5.77. The predicted octanol–water partition coefficient (Wildman–Crippen LogP) is 3.31. The summed E-state index contributed by atoms with van der Waals surface area (Å²) in [6, 6.07) is 13.8. The first-order valence-electron chi connectivity index (χ1n) is 4.95. The Balaban J connectivity index is 2.43. The van der Waals surface area contributed by atoms with E-state index < -0.39 is 5.60 Å². The molecule has 1 nitrogen and oxygen atoms in total. The molecule has 0 bridgehead atoms. The Hall–Kier alpha value is -1.12. The van der Waals surface area contributed by atoms with E-state index in [4.69, 9.17) is 0 Å². The fourth-order valence-electron chi connectivity index (χ4n) is 1.60. The van der Waals surface area contributed by atoms with Gasteiger partial charge in [0.2, 0.25) is 0 Å². The summed E-state index contributed by atoms with van der Waals surface area (Å²) < 4.78 is 0. The molecule has 1 unspecified atom stereocenters. The molecule has 2 aromatic rings. The largest absolute Gasteiger partial charge is 0.380 e. The topological polar surface area (TPSA) is 20.2 Å². The van der Waals surface area contributed by atoms with Gasteiger partial charge in [-0.15, -0.1) is 11.3 Å². The lowest BCUT2D eigenvalue weighted by Crippen LogP contribution is -2.20. The van der Waals surface area contributed by atoms with Crippen LogP contribution in [0, 0.1) is 6.92 Å². The van der Waals surface area contributed by atoms with Crippen molar-refractivity contribution in [1.82, 2.24) is 0 Å². The molecule has 0 aliphatic heterocycles. The molecular weight excluding hydrogens is 204 g/mol. The average molecular weight is 218 g/mol. The Morgan fingerprint density at radius 3 is 2.27 bits per heavy atom. The van der Waals surface area contributed by atoms with Crippen LogP contribution >= 0.6 is 11.3 Å². The SMILES string of the molecule is Cc1ccc(C(C)(O)c2ccccc2)s1. The van der Waals surface area contributed by atoms with Gasteiger partial charge in [-0.25, -0.2) is 0 Å². The first-order chi connectivity index (χ1) is 7.10. The summed E-state index contributed by atoms with van der Waals surface area (Å²) >= 11 is 1.64. The molecule has 0 aliphatic rings. The van der Waals surface area contributed by atoms with Crippen LogP contribution in [0.5, 0.6) is 0 Å². The van der Waals surface area contributed by atoms with Crippen LogP contribution in [-0.4, -0.2) is 5.11 Å².